The van der Waals surface area contributed by atoms with Gasteiger partial charge in [0.05, 0.1) is 15.8 Å². The van der Waals surface area contributed by atoms with Crippen LogP contribution in [0.15, 0.2) is 47.3 Å². The van der Waals surface area contributed by atoms with Crippen LogP contribution in [0.4, 0.5) is 5.69 Å². The van der Waals surface area contributed by atoms with E-state index in [1.165, 1.54) is 16.7 Å². The number of carbonyl (C=O) groups is 1. The van der Waals surface area contributed by atoms with Gasteiger partial charge in [0.1, 0.15) is 5.56 Å². The van der Waals surface area contributed by atoms with E-state index in [1.54, 1.807) is 35.7 Å². The standard InChI is InChI=1S/C18H12ClN5O5/c1-22-16(25)11-4-2-3-5-13(11)23-15(20-21-18(22)23)9-29-17(26)12-7-6-10(19)8-14(12)24(27)28/h2-8H,9H2,1H3. The molecule has 0 unspecified atom stereocenters. The Kier molecular flexibility index (Phi) is 4.47. The predicted molar refractivity (Wildman–Crippen MR) is 103 cm³/mol. The molecule has 146 valence electrons. The molecule has 0 spiro atoms. The second kappa shape index (κ2) is 6.99. The third kappa shape index (κ3) is 3.09. The Bertz CT molecular complexity index is 1360. The first-order chi connectivity index (χ1) is 13.9. The van der Waals surface area contributed by atoms with Gasteiger partial charge in [-0.2, -0.15) is 0 Å². The molecule has 0 N–H and O–H groups in total. The van der Waals surface area contributed by atoms with Crippen molar-refractivity contribution in [2.24, 2.45) is 7.05 Å². The molecule has 2 heterocycles. The third-order valence-electron chi connectivity index (χ3n) is 4.40. The highest BCUT2D eigenvalue weighted by atomic mass is 35.5. The lowest BCUT2D eigenvalue weighted by Gasteiger charge is -2.08. The molecule has 10 nitrogen and oxygen atoms in total. The van der Waals surface area contributed by atoms with Crippen molar-refractivity contribution < 1.29 is 14.5 Å². The minimum absolute atomic E-state index is 0.129. The van der Waals surface area contributed by atoms with E-state index >= 15 is 0 Å². The van der Waals surface area contributed by atoms with E-state index in [9.17, 15) is 19.7 Å². The average molecular weight is 414 g/mol. The zero-order valence-electron chi connectivity index (χ0n) is 14.9. The molecule has 4 rings (SSSR count). The highest BCUT2D eigenvalue weighted by molar-refractivity contribution is 6.31. The van der Waals surface area contributed by atoms with Gasteiger partial charge in [-0.1, -0.05) is 23.7 Å². The Hall–Kier alpha value is -3.79. The molecule has 0 aliphatic heterocycles. The van der Waals surface area contributed by atoms with Crippen molar-refractivity contribution in [3.63, 3.8) is 0 Å². The van der Waals surface area contributed by atoms with Gasteiger partial charge in [0, 0.05) is 18.1 Å². The van der Waals surface area contributed by atoms with E-state index in [0.717, 1.165) is 6.07 Å². The van der Waals surface area contributed by atoms with Crippen LogP contribution < -0.4 is 5.56 Å². The number of ether oxygens (including phenoxy) is 1. The molecule has 0 saturated heterocycles. The molecule has 0 radical (unpaired) electrons. The molecule has 0 fully saturated rings. The van der Waals surface area contributed by atoms with Crippen LogP contribution in [-0.2, 0) is 18.4 Å². The Morgan fingerprint density at radius 3 is 2.76 bits per heavy atom. The number of benzene rings is 2. The van der Waals surface area contributed by atoms with Gasteiger partial charge in [-0.05, 0) is 24.3 Å². The number of rotatable bonds is 4. The van der Waals surface area contributed by atoms with Crippen molar-refractivity contribution in [1.82, 2.24) is 19.2 Å². The molecule has 2 aromatic heterocycles. The fourth-order valence-corrected chi connectivity index (χ4v) is 3.19. The molecule has 2 aromatic carbocycles. The van der Waals surface area contributed by atoms with Crippen LogP contribution in [0, 0.1) is 10.1 Å². The van der Waals surface area contributed by atoms with E-state index in [-0.39, 0.29) is 34.4 Å². The summed E-state index contributed by atoms with van der Waals surface area (Å²) in [6.45, 7) is -0.304. The van der Waals surface area contributed by atoms with Crippen LogP contribution in [0.1, 0.15) is 16.2 Å². The third-order valence-corrected chi connectivity index (χ3v) is 4.64. The number of nitrogens with zero attached hydrogens (tertiary/aromatic N) is 5. The highest BCUT2D eigenvalue weighted by Crippen LogP contribution is 2.24. The van der Waals surface area contributed by atoms with E-state index < -0.39 is 16.6 Å². The lowest BCUT2D eigenvalue weighted by atomic mass is 10.2. The molecule has 11 heteroatoms. The Morgan fingerprint density at radius 1 is 1.24 bits per heavy atom. The second-order valence-electron chi connectivity index (χ2n) is 6.13. The minimum Gasteiger partial charge on any atom is -0.454 e. The summed E-state index contributed by atoms with van der Waals surface area (Å²) < 4.78 is 8.17. The van der Waals surface area contributed by atoms with Gasteiger partial charge in [-0.15, -0.1) is 10.2 Å². The fraction of sp³-hybridized carbons (Fsp3) is 0.111. The van der Waals surface area contributed by atoms with Crippen LogP contribution in [-0.4, -0.2) is 30.1 Å². The number of aromatic nitrogens is 4. The lowest BCUT2D eigenvalue weighted by molar-refractivity contribution is -0.385. The molecule has 0 aliphatic rings. The van der Waals surface area contributed by atoms with E-state index in [4.69, 9.17) is 16.3 Å². The van der Waals surface area contributed by atoms with Gasteiger partial charge in [0.2, 0.25) is 5.78 Å². The first-order valence-corrected chi connectivity index (χ1v) is 8.69. The molecular formula is C18H12ClN5O5. The van der Waals surface area contributed by atoms with Crippen molar-refractivity contribution in [1.29, 1.82) is 0 Å². The number of nitro groups is 1. The summed E-state index contributed by atoms with van der Waals surface area (Å²) in [4.78, 5) is 35.3. The van der Waals surface area contributed by atoms with Crippen LogP contribution >= 0.6 is 11.6 Å². The number of para-hydroxylation sites is 1. The van der Waals surface area contributed by atoms with Crippen LogP contribution in [0.2, 0.25) is 5.02 Å². The monoisotopic (exact) mass is 413 g/mol. The van der Waals surface area contributed by atoms with Gasteiger partial charge in [-0.25, -0.2) is 4.79 Å². The summed E-state index contributed by atoms with van der Waals surface area (Å²) in [7, 11) is 1.56. The van der Waals surface area contributed by atoms with Crippen LogP contribution in [0.25, 0.3) is 16.7 Å². The van der Waals surface area contributed by atoms with Gasteiger partial charge in [0.15, 0.2) is 12.4 Å². The second-order valence-corrected chi connectivity index (χ2v) is 6.56. The van der Waals surface area contributed by atoms with Crippen molar-refractivity contribution in [2.75, 3.05) is 0 Å². The zero-order chi connectivity index (χ0) is 20.7. The van der Waals surface area contributed by atoms with Crippen LogP contribution in [0.3, 0.4) is 0 Å². The quantitative estimate of drug-likeness (QED) is 0.286. The normalized spacial score (nSPS) is 11.1. The Morgan fingerprint density at radius 2 is 2.00 bits per heavy atom. The van der Waals surface area contributed by atoms with Crippen molar-refractivity contribution in [3.8, 4) is 0 Å². The van der Waals surface area contributed by atoms with Gasteiger partial charge in [0.25, 0.3) is 11.2 Å². The van der Waals surface area contributed by atoms with Crippen LogP contribution in [0.5, 0.6) is 0 Å². The molecule has 0 bridgehead atoms. The number of hydrogen-bond donors (Lipinski definition) is 0. The maximum Gasteiger partial charge on any atom is 0.345 e. The Labute approximate surface area is 167 Å². The summed E-state index contributed by atoms with van der Waals surface area (Å²) in [6.07, 6.45) is 0. The van der Waals surface area contributed by atoms with E-state index in [2.05, 4.69) is 10.2 Å². The number of carbonyl (C=O) groups excluding carboxylic acids is 1. The first-order valence-electron chi connectivity index (χ1n) is 8.31. The number of hydrogen-bond acceptors (Lipinski definition) is 7. The highest BCUT2D eigenvalue weighted by Gasteiger charge is 2.23. The first kappa shape index (κ1) is 18.6. The van der Waals surface area contributed by atoms with Crippen molar-refractivity contribution >= 4 is 39.9 Å². The fourth-order valence-electron chi connectivity index (χ4n) is 3.02. The summed E-state index contributed by atoms with van der Waals surface area (Å²) in [6, 6.07) is 10.6. The number of nitro benzene ring substituents is 1. The SMILES string of the molecule is Cn1c(=O)c2ccccc2n2c(COC(=O)c3ccc(Cl)cc3[N+](=O)[O-])nnc12. The number of aryl methyl sites for hydroxylation is 1. The lowest BCUT2D eigenvalue weighted by Crippen LogP contribution is -2.20. The number of halogens is 1. The largest absolute Gasteiger partial charge is 0.454 e. The zero-order valence-corrected chi connectivity index (χ0v) is 15.7. The molecule has 0 saturated carbocycles. The summed E-state index contributed by atoms with van der Waals surface area (Å²) in [5, 5.41) is 19.8. The molecule has 29 heavy (non-hydrogen) atoms. The molecule has 0 atom stereocenters. The molecule has 0 amide bonds. The van der Waals surface area contributed by atoms with Gasteiger partial charge >= 0.3 is 5.97 Å². The smallest absolute Gasteiger partial charge is 0.345 e. The molecular weight excluding hydrogens is 402 g/mol. The molecule has 0 aliphatic carbocycles. The minimum atomic E-state index is -0.903. The number of fused-ring (bicyclic) bond motifs is 3. The van der Waals surface area contributed by atoms with Gasteiger partial charge in [-0.3, -0.25) is 23.9 Å². The summed E-state index contributed by atoms with van der Waals surface area (Å²) in [5.74, 6) is -0.367. The number of esters is 1. The van der Waals surface area contributed by atoms with Crippen molar-refractivity contribution in [2.45, 2.75) is 6.61 Å². The van der Waals surface area contributed by atoms with E-state index in [0.29, 0.717) is 10.9 Å². The topological polar surface area (TPSA) is 122 Å². The Balaban J connectivity index is 1.73. The predicted octanol–water partition coefficient (Wildman–Crippen LogP) is 2.50. The average Bonchev–Trinajstić information content (AvgIpc) is 3.14. The molecule has 4 aromatic rings. The maximum atomic E-state index is 12.5. The van der Waals surface area contributed by atoms with Gasteiger partial charge < -0.3 is 4.74 Å². The maximum absolute atomic E-state index is 12.5. The summed E-state index contributed by atoms with van der Waals surface area (Å²) >= 11 is 5.77. The van der Waals surface area contributed by atoms with E-state index in [1.807, 2.05) is 0 Å². The van der Waals surface area contributed by atoms with Crippen molar-refractivity contribution in [3.05, 3.63) is 79.3 Å². The summed E-state index contributed by atoms with van der Waals surface area (Å²) in [5.41, 5.74) is -0.369.